The van der Waals surface area contributed by atoms with Gasteiger partial charge >= 0.3 is 0 Å². The minimum absolute atomic E-state index is 0.0625. The van der Waals surface area contributed by atoms with Crippen molar-refractivity contribution in [1.82, 2.24) is 14.9 Å². The number of para-hydroxylation sites is 1. The van der Waals surface area contributed by atoms with E-state index in [9.17, 15) is 4.79 Å². The summed E-state index contributed by atoms with van der Waals surface area (Å²) in [5.74, 6) is 0.354. The number of carbonyl (C=O) groups is 1. The first kappa shape index (κ1) is 19.9. The third-order valence-electron chi connectivity index (χ3n) is 5.90. The standard InChI is InChI=1S/C26H27N3O/c1-19(21-8-4-3-5-9-21)23(16-26(30)28-17-20-12-14-27-15-13-20)24-18-29(2)25-11-7-6-10-22(24)25/h3-15,18-19,23H,16-17H2,1-2H3,(H,28,30)/t19-,23-/m0/s1. The second kappa shape index (κ2) is 8.95. The van der Waals surface area contributed by atoms with Crippen molar-refractivity contribution in [1.29, 1.82) is 0 Å². The number of nitrogens with one attached hydrogen (secondary N) is 1. The van der Waals surface area contributed by atoms with Gasteiger partial charge in [0.1, 0.15) is 0 Å². The number of carbonyl (C=O) groups excluding carboxylic acids is 1. The van der Waals surface area contributed by atoms with Crippen molar-refractivity contribution in [2.24, 2.45) is 7.05 Å². The largest absolute Gasteiger partial charge is 0.352 e. The molecular weight excluding hydrogens is 370 g/mol. The monoisotopic (exact) mass is 397 g/mol. The van der Waals surface area contributed by atoms with E-state index >= 15 is 0 Å². The summed E-state index contributed by atoms with van der Waals surface area (Å²) < 4.78 is 2.16. The number of hydrogen-bond acceptors (Lipinski definition) is 2. The second-order valence-electron chi connectivity index (χ2n) is 7.85. The van der Waals surface area contributed by atoms with Crippen LogP contribution >= 0.6 is 0 Å². The van der Waals surface area contributed by atoms with Crippen LogP contribution in [0.4, 0.5) is 0 Å². The van der Waals surface area contributed by atoms with Crippen molar-refractivity contribution in [3.05, 3.63) is 102 Å². The molecule has 152 valence electrons. The third kappa shape index (κ3) is 4.28. The van der Waals surface area contributed by atoms with Gasteiger partial charge in [-0.3, -0.25) is 9.78 Å². The van der Waals surface area contributed by atoms with E-state index in [-0.39, 0.29) is 17.7 Å². The van der Waals surface area contributed by atoms with Crippen molar-refractivity contribution in [2.45, 2.75) is 31.7 Å². The quantitative estimate of drug-likeness (QED) is 0.468. The zero-order chi connectivity index (χ0) is 20.9. The summed E-state index contributed by atoms with van der Waals surface area (Å²) in [6.45, 7) is 2.74. The van der Waals surface area contributed by atoms with Crippen LogP contribution in [-0.4, -0.2) is 15.5 Å². The lowest BCUT2D eigenvalue weighted by Crippen LogP contribution is -2.26. The number of amides is 1. The highest BCUT2D eigenvalue weighted by molar-refractivity contribution is 5.86. The molecule has 2 aromatic heterocycles. The highest BCUT2D eigenvalue weighted by Gasteiger charge is 2.26. The third-order valence-corrected chi connectivity index (χ3v) is 5.90. The maximum atomic E-state index is 12.9. The highest BCUT2D eigenvalue weighted by atomic mass is 16.1. The SMILES string of the molecule is C[C@@H](c1ccccc1)[C@H](CC(=O)NCc1ccncc1)c1cn(C)c2ccccc12. The van der Waals surface area contributed by atoms with Gasteiger partial charge in [-0.2, -0.15) is 0 Å². The lowest BCUT2D eigenvalue weighted by atomic mass is 9.80. The summed E-state index contributed by atoms with van der Waals surface area (Å²) in [6.07, 6.45) is 6.12. The summed E-state index contributed by atoms with van der Waals surface area (Å²) in [5.41, 5.74) is 4.71. The molecule has 0 saturated carbocycles. The Labute approximate surface area is 177 Å². The number of aryl methyl sites for hydroxylation is 1. The fourth-order valence-corrected chi connectivity index (χ4v) is 4.19. The van der Waals surface area contributed by atoms with Crippen molar-refractivity contribution in [3.8, 4) is 0 Å². The van der Waals surface area contributed by atoms with Crippen LogP contribution in [0.1, 0.15) is 41.9 Å². The molecular formula is C26H27N3O. The van der Waals surface area contributed by atoms with Crippen LogP contribution in [0.15, 0.2) is 85.3 Å². The number of hydrogen-bond donors (Lipinski definition) is 1. The Balaban J connectivity index is 1.62. The average molecular weight is 398 g/mol. The molecule has 0 radical (unpaired) electrons. The van der Waals surface area contributed by atoms with E-state index in [4.69, 9.17) is 0 Å². The van der Waals surface area contributed by atoms with Gasteiger partial charge in [0.2, 0.25) is 5.91 Å². The molecule has 4 aromatic rings. The topological polar surface area (TPSA) is 46.9 Å². The normalized spacial score (nSPS) is 13.1. The maximum absolute atomic E-state index is 12.9. The Kier molecular flexibility index (Phi) is 5.94. The Bertz CT molecular complexity index is 1120. The Morgan fingerprint density at radius 1 is 1.00 bits per heavy atom. The number of benzene rings is 2. The molecule has 1 amide bonds. The molecule has 0 aliphatic carbocycles. The Hall–Kier alpha value is -3.40. The predicted octanol–water partition coefficient (Wildman–Crippen LogP) is 5.17. The fraction of sp³-hybridized carbons (Fsp3) is 0.231. The lowest BCUT2D eigenvalue weighted by molar-refractivity contribution is -0.121. The van der Waals surface area contributed by atoms with Gasteiger partial charge in [0.25, 0.3) is 0 Å². The van der Waals surface area contributed by atoms with Crippen molar-refractivity contribution >= 4 is 16.8 Å². The second-order valence-corrected chi connectivity index (χ2v) is 7.85. The number of rotatable bonds is 7. The number of nitrogens with zero attached hydrogens (tertiary/aromatic N) is 2. The Morgan fingerprint density at radius 2 is 1.70 bits per heavy atom. The van der Waals surface area contributed by atoms with Gasteiger partial charge in [-0.15, -0.1) is 0 Å². The molecule has 4 nitrogen and oxygen atoms in total. The zero-order valence-corrected chi connectivity index (χ0v) is 17.5. The molecule has 0 bridgehead atoms. The number of pyridine rings is 1. The zero-order valence-electron chi connectivity index (χ0n) is 17.5. The highest BCUT2D eigenvalue weighted by Crippen LogP contribution is 2.39. The van der Waals surface area contributed by atoms with Crippen molar-refractivity contribution in [2.75, 3.05) is 0 Å². The molecule has 2 aromatic carbocycles. The van der Waals surface area contributed by atoms with Gasteiger partial charge in [0.05, 0.1) is 0 Å². The summed E-state index contributed by atoms with van der Waals surface area (Å²) in [6, 6.07) is 22.7. The van der Waals surface area contributed by atoms with Gasteiger partial charge in [-0.05, 0) is 40.8 Å². The fourth-order valence-electron chi connectivity index (χ4n) is 4.19. The number of fused-ring (bicyclic) bond motifs is 1. The van der Waals surface area contributed by atoms with E-state index in [2.05, 4.69) is 83.6 Å². The number of aromatic nitrogens is 2. The molecule has 4 heteroatoms. The first-order valence-corrected chi connectivity index (χ1v) is 10.4. The molecule has 2 atom stereocenters. The molecule has 0 aliphatic rings. The van der Waals surface area contributed by atoms with Crippen LogP contribution in [0.5, 0.6) is 0 Å². The molecule has 4 rings (SSSR count). The van der Waals surface area contributed by atoms with E-state index in [0.29, 0.717) is 13.0 Å². The van der Waals surface area contributed by atoms with Crippen LogP contribution in [0, 0.1) is 0 Å². The molecule has 0 unspecified atom stereocenters. The molecule has 0 aliphatic heterocycles. The van der Waals surface area contributed by atoms with E-state index in [1.165, 1.54) is 22.0 Å². The molecule has 30 heavy (non-hydrogen) atoms. The summed E-state index contributed by atoms with van der Waals surface area (Å²) in [4.78, 5) is 17.0. The molecule has 1 N–H and O–H groups in total. The van der Waals surface area contributed by atoms with Gasteiger partial charge < -0.3 is 9.88 Å². The van der Waals surface area contributed by atoms with Gasteiger partial charge in [0, 0.05) is 55.4 Å². The average Bonchev–Trinajstić information content (AvgIpc) is 3.13. The predicted molar refractivity (Wildman–Crippen MR) is 121 cm³/mol. The van der Waals surface area contributed by atoms with Gasteiger partial charge in [-0.25, -0.2) is 0 Å². The summed E-state index contributed by atoms with van der Waals surface area (Å²) >= 11 is 0. The first-order valence-electron chi connectivity index (χ1n) is 10.4. The smallest absolute Gasteiger partial charge is 0.220 e. The minimum Gasteiger partial charge on any atom is -0.352 e. The van der Waals surface area contributed by atoms with Crippen molar-refractivity contribution in [3.63, 3.8) is 0 Å². The van der Waals surface area contributed by atoms with Crippen LogP contribution in [0.2, 0.25) is 0 Å². The van der Waals surface area contributed by atoms with E-state index in [0.717, 1.165) is 5.56 Å². The van der Waals surface area contributed by atoms with E-state index in [1.54, 1.807) is 12.4 Å². The lowest BCUT2D eigenvalue weighted by Gasteiger charge is -2.24. The van der Waals surface area contributed by atoms with Gasteiger partial charge in [-0.1, -0.05) is 55.5 Å². The van der Waals surface area contributed by atoms with Crippen molar-refractivity contribution < 1.29 is 4.79 Å². The van der Waals surface area contributed by atoms with Crippen LogP contribution in [0.3, 0.4) is 0 Å². The molecule has 2 heterocycles. The molecule has 0 fully saturated rings. The molecule has 0 saturated heterocycles. The van der Waals surface area contributed by atoms with Crippen LogP contribution in [0.25, 0.3) is 10.9 Å². The van der Waals surface area contributed by atoms with Crippen LogP contribution < -0.4 is 5.32 Å². The van der Waals surface area contributed by atoms with Crippen LogP contribution in [-0.2, 0) is 18.4 Å². The maximum Gasteiger partial charge on any atom is 0.220 e. The summed E-state index contributed by atoms with van der Waals surface area (Å²) in [7, 11) is 2.07. The van der Waals surface area contributed by atoms with E-state index < -0.39 is 0 Å². The van der Waals surface area contributed by atoms with Gasteiger partial charge in [0.15, 0.2) is 0 Å². The summed E-state index contributed by atoms with van der Waals surface area (Å²) in [5, 5.41) is 4.30. The molecule has 0 spiro atoms. The first-order chi connectivity index (χ1) is 14.6. The Morgan fingerprint density at radius 3 is 2.47 bits per heavy atom. The minimum atomic E-state index is 0.0625. The van der Waals surface area contributed by atoms with E-state index in [1.807, 2.05) is 18.2 Å².